The number of nitrogens with one attached hydrogen (secondary N) is 3. The van der Waals surface area contributed by atoms with Crippen molar-refractivity contribution in [2.24, 2.45) is 11.3 Å². The summed E-state index contributed by atoms with van der Waals surface area (Å²) in [4.78, 5) is 65.9. The van der Waals surface area contributed by atoms with Gasteiger partial charge in [0.1, 0.15) is 23.2 Å². The number of fused-ring (bicyclic) bond motifs is 5. The van der Waals surface area contributed by atoms with Gasteiger partial charge in [-0.1, -0.05) is 45.8 Å². The third-order valence-electron chi connectivity index (χ3n) is 12.0. The Hall–Kier alpha value is -4.68. The Morgan fingerprint density at radius 2 is 1.81 bits per heavy atom. The SMILES string of the molecule is COc1ccc2nc(C(F)(F)F)c3c(c2n1)CCC1(CC2C(=O)NC4(C(=O)NS(=O)(=O)C5(C)CC5)CC4C=CCCCCCC(NC(=O)OCC(C)(C)C)C(=O)N2C1)O3. The number of sulfonamides is 1. The van der Waals surface area contributed by atoms with Crippen LogP contribution in [0.15, 0.2) is 24.3 Å². The first-order valence-electron chi connectivity index (χ1n) is 20.0. The van der Waals surface area contributed by atoms with Crippen molar-refractivity contribution in [3.63, 3.8) is 0 Å². The highest BCUT2D eigenvalue weighted by atomic mass is 32.2. The average Bonchev–Trinajstić information content (AvgIpc) is 4.06. The largest absolute Gasteiger partial charge is 0.483 e. The molecular weight excluding hydrogens is 798 g/mol. The van der Waals surface area contributed by atoms with Crippen LogP contribution in [0.3, 0.4) is 0 Å². The van der Waals surface area contributed by atoms with E-state index in [-0.39, 0.29) is 73.1 Å². The Bertz CT molecular complexity index is 2190. The van der Waals surface area contributed by atoms with Crippen LogP contribution in [0.25, 0.3) is 11.0 Å². The molecule has 2 aliphatic carbocycles. The summed E-state index contributed by atoms with van der Waals surface area (Å²) in [6.45, 7) is 6.83. The number of amides is 4. The number of alkyl carbamates (subject to hydrolysis) is 1. The zero-order valence-corrected chi connectivity index (χ0v) is 34.6. The monoisotopic (exact) mass is 848 g/mol. The number of halogens is 3. The molecule has 4 amide bonds. The van der Waals surface area contributed by atoms with Crippen LogP contribution in [0.1, 0.15) is 103 Å². The molecule has 3 aliphatic heterocycles. The fraction of sp³-hybridized carbons (Fsp3) is 0.650. The van der Waals surface area contributed by atoms with Crippen LogP contribution in [0.4, 0.5) is 18.0 Å². The molecule has 3 N–H and O–H groups in total. The molecule has 5 aliphatic rings. The highest BCUT2D eigenvalue weighted by Gasteiger charge is 2.64. The molecule has 5 heterocycles. The fourth-order valence-electron chi connectivity index (χ4n) is 8.14. The molecule has 1 saturated heterocycles. The number of alkyl halides is 3. The Labute approximate surface area is 340 Å². The summed E-state index contributed by atoms with van der Waals surface area (Å²) < 4.78 is 88.7. The summed E-state index contributed by atoms with van der Waals surface area (Å²) in [5.41, 5.74) is -4.64. The van der Waals surface area contributed by atoms with E-state index in [1.54, 1.807) is 6.08 Å². The molecule has 19 heteroatoms. The Balaban J connectivity index is 1.26. The maximum atomic E-state index is 14.7. The van der Waals surface area contributed by atoms with Gasteiger partial charge in [-0.05, 0) is 69.8 Å². The number of rotatable bonds is 6. The molecular formula is C40H51F3N6O9S. The quantitative estimate of drug-likeness (QED) is 0.336. The maximum absolute atomic E-state index is 14.7. The molecule has 2 saturated carbocycles. The van der Waals surface area contributed by atoms with Gasteiger partial charge in [-0.25, -0.2) is 23.2 Å². The second-order valence-corrected chi connectivity index (χ2v) is 20.2. The van der Waals surface area contributed by atoms with E-state index in [0.29, 0.717) is 38.5 Å². The van der Waals surface area contributed by atoms with Crippen LogP contribution >= 0.6 is 0 Å². The highest BCUT2D eigenvalue weighted by Crippen LogP contribution is 2.50. The lowest BCUT2D eigenvalue weighted by atomic mass is 9.87. The number of ether oxygens (including phenoxy) is 3. The van der Waals surface area contributed by atoms with Crippen molar-refractivity contribution < 1.29 is 55.0 Å². The Kier molecular flexibility index (Phi) is 10.9. The third-order valence-corrected chi connectivity index (χ3v) is 14.2. The molecule has 7 rings (SSSR count). The number of aryl methyl sites for hydroxylation is 1. The number of allylic oxidation sites excluding steroid dienone is 1. The van der Waals surface area contributed by atoms with E-state index in [1.165, 1.54) is 31.1 Å². The number of nitrogens with zero attached hydrogens (tertiary/aromatic N) is 3. The van der Waals surface area contributed by atoms with E-state index >= 15 is 0 Å². The smallest absolute Gasteiger partial charge is 0.437 e. The van der Waals surface area contributed by atoms with Crippen LogP contribution < -0.4 is 24.8 Å². The van der Waals surface area contributed by atoms with Gasteiger partial charge in [0.15, 0.2) is 11.4 Å². The zero-order valence-electron chi connectivity index (χ0n) is 33.8. The first-order chi connectivity index (χ1) is 27.6. The molecule has 2 aromatic heterocycles. The summed E-state index contributed by atoms with van der Waals surface area (Å²) in [7, 11) is -2.73. The number of carbonyl (C=O) groups excluding carboxylic acids is 4. The van der Waals surface area contributed by atoms with E-state index < -0.39 is 85.3 Å². The first-order valence-corrected chi connectivity index (χ1v) is 21.5. The lowest BCUT2D eigenvalue weighted by molar-refractivity contribution is -0.144. The molecule has 59 heavy (non-hydrogen) atoms. The van der Waals surface area contributed by atoms with E-state index in [2.05, 4.69) is 25.3 Å². The van der Waals surface area contributed by atoms with E-state index in [1.807, 2.05) is 26.8 Å². The van der Waals surface area contributed by atoms with E-state index in [4.69, 9.17) is 14.2 Å². The molecule has 2 aromatic rings. The number of pyridine rings is 2. The minimum Gasteiger partial charge on any atom is -0.483 e. The van der Waals surface area contributed by atoms with Gasteiger partial charge in [0.25, 0.3) is 5.91 Å². The van der Waals surface area contributed by atoms with Gasteiger partial charge in [-0.3, -0.25) is 19.1 Å². The molecule has 3 fully saturated rings. The molecule has 0 bridgehead atoms. The van der Waals surface area contributed by atoms with Crippen LogP contribution in [0.2, 0.25) is 0 Å². The van der Waals surface area contributed by atoms with Crippen LogP contribution in [-0.4, -0.2) is 95.3 Å². The van der Waals surface area contributed by atoms with Gasteiger partial charge < -0.3 is 29.7 Å². The fourth-order valence-corrected chi connectivity index (χ4v) is 9.45. The van der Waals surface area contributed by atoms with Crippen LogP contribution in [0.5, 0.6) is 11.6 Å². The average molecular weight is 849 g/mol. The summed E-state index contributed by atoms with van der Waals surface area (Å²) in [6.07, 6.45) is 1.06. The number of carbonyl (C=O) groups is 4. The summed E-state index contributed by atoms with van der Waals surface area (Å²) in [5, 5.41) is 5.45. The van der Waals surface area contributed by atoms with Gasteiger partial charge in [-0.15, -0.1) is 0 Å². The van der Waals surface area contributed by atoms with Crippen LogP contribution in [0, 0.1) is 11.3 Å². The highest BCUT2D eigenvalue weighted by molar-refractivity contribution is 7.91. The number of methoxy groups -OCH3 is 1. The van der Waals surface area contributed by atoms with Gasteiger partial charge in [0, 0.05) is 24.0 Å². The summed E-state index contributed by atoms with van der Waals surface area (Å²) in [5.74, 6) is -3.42. The lowest BCUT2D eigenvalue weighted by Crippen LogP contribution is -2.58. The minimum atomic E-state index is -4.96. The second kappa shape index (κ2) is 15.1. The third kappa shape index (κ3) is 8.53. The normalized spacial score (nSPS) is 28.2. The molecule has 322 valence electrons. The second-order valence-electron chi connectivity index (χ2n) is 18.0. The van der Waals surface area contributed by atoms with Gasteiger partial charge >= 0.3 is 12.3 Å². The van der Waals surface area contributed by atoms with Crippen molar-refractivity contribution in [3.8, 4) is 11.6 Å². The molecule has 0 aromatic carbocycles. The Morgan fingerprint density at radius 1 is 1.07 bits per heavy atom. The first kappa shape index (κ1) is 42.4. The van der Waals surface area contributed by atoms with Gasteiger partial charge in [0.05, 0.1) is 36.0 Å². The number of hydrogen-bond acceptors (Lipinski definition) is 11. The topological polar surface area (TPSA) is 195 Å². The number of hydrogen-bond donors (Lipinski definition) is 3. The van der Waals surface area contributed by atoms with Crippen molar-refractivity contribution in [3.05, 3.63) is 35.5 Å². The minimum absolute atomic E-state index is 0.00458. The lowest BCUT2D eigenvalue weighted by Gasteiger charge is -2.37. The molecule has 5 atom stereocenters. The van der Waals surface area contributed by atoms with E-state index in [9.17, 15) is 40.8 Å². The molecule has 1 spiro atoms. The van der Waals surface area contributed by atoms with Crippen molar-refractivity contribution in [2.75, 3.05) is 20.3 Å². The zero-order chi connectivity index (χ0) is 42.8. The van der Waals surface area contributed by atoms with Crippen molar-refractivity contribution in [1.29, 1.82) is 0 Å². The van der Waals surface area contributed by atoms with Gasteiger partial charge in [-0.2, -0.15) is 13.2 Å². The Morgan fingerprint density at radius 3 is 2.49 bits per heavy atom. The van der Waals surface area contributed by atoms with Crippen LogP contribution in [-0.2, 0) is 41.7 Å². The number of aromatic nitrogens is 2. The summed E-state index contributed by atoms with van der Waals surface area (Å²) in [6, 6.07) is 0.182. The maximum Gasteiger partial charge on any atom is 0.437 e. The summed E-state index contributed by atoms with van der Waals surface area (Å²) >= 11 is 0. The van der Waals surface area contributed by atoms with Crippen molar-refractivity contribution >= 4 is 44.9 Å². The standard InChI is InChI=1S/C40H51F3N6O9S/c1-36(2,3)22-57-35(53)45-26-12-10-8-6-7-9-11-23-19-39(23,34(52)48-59(54,55)37(4)17-18-37)47-32(50)27-20-38(21-49(27)33(26)51)16-15-24-29-25(13-14-28(46-29)56-5)44-31(30(24)58-38)40(41,42)43/h9,11,13-14,23,26-27H,6-8,10,12,15-22H2,1-5H3,(H,45,53)(H,47,50)(H,48,52). The molecule has 0 radical (unpaired) electrons. The predicted molar refractivity (Wildman–Crippen MR) is 207 cm³/mol. The predicted octanol–water partition coefficient (Wildman–Crippen LogP) is 4.86. The van der Waals surface area contributed by atoms with Gasteiger partial charge in [0.2, 0.25) is 27.7 Å². The molecule has 15 nitrogen and oxygen atoms in total. The van der Waals surface area contributed by atoms with E-state index in [0.717, 1.165) is 0 Å². The van der Waals surface area contributed by atoms with Crippen molar-refractivity contribution in [2.45, 2.75) is 132 Å². The molecule has 5 unspecified atom stereocenters. The van der Waals surface area contributed by atoms with Crippen molar-refractivity contribution in [1.82, 2.24) is 30.2 Å².